The van der Waals surface area contributed by atoms with E-state index in [0.29, 0.717) is 22.6 Å². The van der Waals surface area contributed by atoms with Crippen molar-refractivity contribution in [3.05, 3.63) is 95.7 Å². The van der Waals surface area contributed by atoms with E-state index in [4.69, 9.17) is 4.74 Å². The first-order valence-electron chi connectivity index (χ1n) is 8.87. The number of carbonyl (C=O) groups is 2. The summed E-state index contributed by atoms with van der Waals surface area (Å²) in [5.41, 5.74) is 1.71. The quantitative estimate of drug-likeness (QED) is 0.561. The van der Waals surface area contributed by atoms with Gasteiger partial charge in [-0.3, -0.25) is 9.59 Å². The fourth-order valence-corrected chi connectivity index (χ4v) is 2.55. The van der Waals surface area contributed by atoms with Crippen molar-refractivity contribution in [3.8, 4) is 11.5 Å². The predicted octanol–water partition coefficient (Wildman–Crippen LogP) is 3.81. The molecule has 0 fully saturated rings. The maximum atomic E-state index is 12.8. The van der Waals surface area contributed by atoms with Crippen molar-refractivity contribution in [1.82, 2.24) is 5.32 Å². The van der Waals surface area contributed by atoms with Crippen molar-refractivity contribution in [3.63, 3.8) is 0 Å². The molecular formula is C23H20N2O4. The van der Waals surface area contributed by atoms with Gasteiger partial charge in [0.05, 0.1) is 7.11 Å². The van der Waals surface area contributed by atoms with Crippen LogP contribution in [0.1, 0.15) is 15.9 Å². The zero-order valence-electron chi connectivity index (χ0n) is 15.8. The number of aromatic hydroxyl groups is 1. The molecule has 0 saturated carbocycles. The van der Waals surface area contributed by atoms with E-state index >= 15 is 0 Å². The molecule has 0 aliphatic carbocycles. The Morgan fingerprint density at radius 3 is 2.17 bits per heavy atom. The van der Waals surface area contributed by atoms with Crippen LogP contribution in [-0.2, 0) is 4.79 Å². The van der Waals surface area contributed by atoms with Gasteiger partial charge in [-0.1, -0.05) is 30.3 Å². The minimum Gasteiger partial charge on any atom is -0.508 e. The molecule has 0 unspecified atom stereocenters. The minimum atomic E-state index is -0.479. The number of amides is 2. The average Bonchev–Trinajstić information content (AvgIpc) is 2.76. The zero-order valence-corrected chi connectivity index (χ0v) is 15.8. The smallest absolute Gasteiger partial charge is 0.272 e. The summed E-state index contributed by atoms with van der Waals surface area (Å²) in [6, 6.07) is 21.8. The van der Waals surface area contributed by atoms with Gasteiger partial charge in [-0.2, -0.15) is 0 Å². The molecule has 3 aromatic rings. The van der Waals surface area contributed by atoms with E-state index in [1.165, 1.54) is 12.1 Å². The first kappa shape index (κ1) is 19.7. The summed E-state index contributed by atoms with van der Waals surface area (Å²) in [5.74, 6) is -0.104. The highest BCUT2D eigenvalue weighted by atomic mass is 16.5. The average molecular weight is 388 g/mol. The van der Waals surface area contributed by atoms with Gasteiger partial charge in [0.2, 0.25) is 0 Å². The summed E-state index contributed by atoms with van der Waals surface area (Å²) in [6.45, 7) is 0. The van der Waals surface area contributed by atoms with Crippen LogP contribution in [-0.4, -0.2) is 24.0 Å². The summed E-state index contributed by atoms with van der Waals surface area (Å²) in [6.07, 6.45) is 1.54. The van der Waals surface area contributed by atoms with E-state index in [9.17, 15) is 14.7 Å². The van der Waals surface area contributed by atoms with E-state index in [0.717, 1.165) is 0 Å². The summed E-state index contributed by atoms with van der Waals surface area (Å²) in [5, 5.41) is 14.9. The lowest BCUT2D eigenvalue weighted by Gasteiger charge is -2.12. The molecule has 6 nitrogen and oxygen atoms in total. The Morgan fingerprint density at radius 2 is 1.55 bits per heavy atom. The number of benzene rings is 3. The van der Waals surface area contributed by atoms with Crippen LogP contribution in [0.2, 0.25) is 0 Å². The van der Waals surface area contributed by atoms with Gasteiger partial charge in [-0.15, -0.1) is 0 Å². The second-order valence-electron chi connectivity index (χ2n) is 6.15. The maximum absolute atomic E-state index is 12.8. The maximum Gasteiger partial charge on any atom is 0.272 e. The molecule has 0 saturated heterocycles. The molecule has 146 valence electrons. The Kier molecular flexibility index (Phi) is 6.27. The monoisotopic (exact) mass is 388 g/mol. The summed E-state index contributed by atoms with van der Waals surface area (Å²) in [4.78, 5) is 25.4. The summed E-state index contributed by atoms with van der Waals surface area (Å²) >= 11 is 0. The number of carbonyl (C=O) groups excluding carboxylic acids is 2. The number of anilines is 1. The number of rotatable bonds is 6. The molecule has 0 heterocycles. The number of phenolic OH excluding ortho intramolecular Hbond substituents is 1. The molecule has 3 rings (SSSR count). The third-order valence-electron chi connectivity index (χ3n) is 4.08. The van der Waals surface area contributed by atoms with Crippen molar-refractivity contribution < 1.29 is 19.4 Å². The third-order valence-corrected chi connectivity index (χ3v) is 4.08. The van der Waals surface area contributed by atoms with E-state index in [1.54, 1.807) is 79.9 Å². The van der Waals surface area contributed by atoms with Crippen LogP contribution in [0.3, 0.4) is 0 Å². The number of methoxy groups -OCH3 is 1. The Bertz CT molecular complexity index is 1010. The lowest BCUT2D eigenvalue weighted by molar-refractivity contribution is -0.113. The molecule has 0 aliphatic rings. The number of phenols is 1. The van der Waals surface area contributed by atoms with Crippen LogP contribution in [0.5, 0.6) is 11.5 Å². The molecule has 29 heavy (non-hydrogen) atoms. The lowest BCUT2D eigenvalue weighted by atomic mass is 10.1. The largest absolute Gasteiger partial charge is 0.508 e. The zero-order chi connectivity index (χ0) is 20.6. The van der Waals surface area contributed by atoms with Gasteiger partial charge in [0.1, 0.15) is 17.2 Å². The Hall–Kier alpha value is -4.06. The first-order valence-corrected chi connectivity index (χ1v) is 8.87. The SMILES string of the molecule is COc1ccc(NC(=O)C(=Cc2ccc(O)cc2)NC(=O)c2ccccc2)cc1. The van der Waals surface area contributed by atoms with Gasteiger partial charge in [-0.25, -0.2) is 0 Å². The van der Waals surface area contributed by atoms with Crippen molar-refractivity contribution in [2.75, 3.05) is 12.4 Å². The van der Waals surface area contributed by atoms with E-state index in [1.807, 2.05) is 0 Å². The second-order valence-corrected chi connectivity index (χ2v) is 6.15. The molecule has 0 spiro atoms. The Labute approximate surface area is 168 Å². The fourth-order valence-electron chi connectivity index (χ4n) is 2.55. The molecule has 0 atom stereocenters. The number of ether oxygens (including phenoxy) is 1. The predicted molar refractivity (Wildman–Crippen MR) is 112 cm³/mol. The van der Waals surface area contributed by atoms with Gasteiger partial charge >= 0.3 is 0 Å². The normalized spacial score (nSPS) is 10.9. The van der Waals surface area contributed by atoms with Crippen molar-refractivity contribution in [2.24, 2.45) is 0 Å². The minimum absolute atomic E-state index is 0.0698. The van der Waals surface area contributed by atoms with Crippen LogP contribution < -0.4 is 15.4 Å². The lowest BCUT2D eigenvalue weighted by Crippen LogP contribution is -2.30. The van der Waals surface area contributed by atoms with E-state index in [-0.39, 0.29) is 11.4 Å². The van der Waals surface area contributed by atoms with Gasteiger partial charge in [0.25, 0.3) is 11.8 Å². The van der Waals surface area contributed by atoms with Gasteiger partial charge in [0, 0.05) is 11.3 Å². The van der Waals surface area contributed by atoms with Gasteiger partial charge in [-0.05, 0) is 60.2 Å². The molecular weight excluding hydrogens is 368 g/mol. The second kappa shape index (κ2) is 9.23. The highest BCUT2D eigenvalue weighted by molar-refractivity contribution is 6.10. The van der Waals surface area contributed by atoms with Crippen LogP contribution >= 0.6 is 0 Å². The van der Waals surface area contributed by atoms with Crippen molar-refractivity contribution in [2.45, 2.75) is 0 Å². The fraction of sp³-hybridized carbons (Fsp3) is 0.0435. The van der Waals surface area contributed by atoms with Crippen LogP contribution in [0.25, 0.3) is 6.08 Å². The van der Waals surface area contributed by atoms with Crippen molar-refractivity contribution in [1.29, 1.82) is 0 Å². The molecule has 2 amide bonds. The van der Waals surface area contributed by atoms with E-state index < -0.39 is 11.8 Å². The number of hydrogen-bond acceptors (Lipinski definition) is 4. The van der Waals surface area contributed by atoms with Gasteiger partial charge in [0.15, 0.2) is 0 Å². The van der Waals surface area contributed by atoms with Crippen LogP contribution in [0.4, 0.5) is 5.69 Å². The first-order chi connectivity index (χ1) is 14.0. The molecule has 3 aromatic carbocycles. The molecule has 0 bridgehead atoms. The van der Waals surface area contributed by atoms with Crippen LogP contribution in [0.15, 0.2) is 84.6 Å². The topological polar surface area (TPSA) is 87.7 Å². The van der Waals surface area contributed by atoms with E-state index in [2.05, 4.69) is 10.6 Å². The third kappa shape index (κ3) is 5.46. The number of nitrogens with one attached hydrogen (secondary N) is 2. The molecule has 3 N–H and O–H groups in total. The highest BCUT2D eigenvalue weighted by Crippen LogP contribution is 2.17. The molecule has 0 radical (unpaired) electrons. The highest BCUT2D eigenvalue weighted by Gasteiger charge is 2.15. The summed E-state index contributed by atoms with van der Waals surface area (Å²) in [7, 11) is 1.56. The Morgan fingerprint density at radius 1 is 0.897 bits per heavy atom. The van der Waals surface area contributed by atoms with Crippen LogP contribution in [0, 0.1) is 0 Å². The molecule has 0 aromatic heterocycles. The Balaban J connectivity index is 1.85. The number of hydrogen-bond donors (Lipinski definition) is 3. The molecule has 6 heteroatoms. The summed E-state index contributed by atoms with van der Waals surface area (Å²) < 4.78 is 5.11. The van der Waals surface area contributed by atoms with Gasteiger partial charge < -0.3 is 20.5 Å². The van der Waals surface area contributed by atoms with Crippen molar-refractivity contribution >= 4 is 23.6 Å². The molecule has 0 aliphatic heterocycles. The standard InChI is InChI=1S/C23H20N2O4/c1-29-20-13-9-18(10-14-20)24-23(28)21(15-16-7-11-19(26)12-8-16)25-22(27)17-5-3-2-4-6-17/h2-15,26H,1H3,(H,24,28)(H,25,27).